The van der Waals surface area contributed by atoms with Crippen LogP contribution in [-0.2, 0) is 0 Å². The smallest absolute Gasteiger partial charge is 0.187 e. The maximum atomic E-state index is 12.9. The molecule has 0 aliphatic rings. The molecule has 0 bridgehead atoms. The molecule has 0 aliphatic heterocycles. The number of hydrogen-bond donors (Lipinski definition) is 1. The van der Waals surface area contributed by atoms with Gasteiger partial charge in [0.2, 0.25) is 0 Å². The van der Waals surface area contributed by atoms with Gasteiger partial charge >= 0.3 is 0 Å². The molecule has 5 heteroatoms. The fourth-order valence-corrected chi connectivity index (χ4v) is 2.16. The van der Waals surface area contributed by atoms with Gasteiger partial charge in [0.05, 0.1) is 11.4 Å². The Hall–Kier alpha value is -3.60. The Kier molecular flexibility index (Phi) is 5.62. The predicted octanol–water partition coefficient (Wildman–Crippen LogP) is 6.05. The summed E-state index contributed by atoms with van der Waals surface area (Å²) in [5.74, 6) is -0.570. The number of azo groups is 1. The Labute approximate surface area is 150 Å². The minimum atomic E-state index is -0.367. The minimum Gasteiger partial charge on any atom is -0.362 e. The highest BCUT2D eigenvalue weighted by atomic mass is 19.1. The summed E-state index contributed by atoms with van der Waals surface area (Å²) in [6, 6.07) is 22.2. The van der Waals surface area contributed by atoms with Crippen LogP contribution in [0.15, 0.2) is 101 Å². The fraction of sp³-hybridized carbons (Fsp3) is 0. The lowest BCUT2D eigenvalue weighted by Crippen LogP contribution is -1.96. The molecular weight excluding hydrogens is 329 g/mol. The standard InChI is InChI=1S/C21H16FN3O/c22-17-8-6-16(7-9-17)21(26)14-15-23-18-10-12-20(13-11-18)25-24-19-4-2-1-3-5-19/h1-15,23H/b15-14+,25-24?. The Bertz CT molecular complexity index is 918. The van der Waals surface area contributed by atoms with Gasteiger partial charge in [-0.15, -0.1) is 0 Å². The topological polar surface area (TPSA) is 53.8 Å². The molecule has 0 amide bonds. The summed E-state index contributed by atoms with van der Waals surface area (Å²) >= 11 is 0. The number of ketones is 1. The molecule has 3 aromatic carbocycles. The molecule has 0 aliphatic carbocycles. The minimum absolute atomic E-state index is 0.203. The third-order valence-electron chi connectivity index (χ3n) is 3.52. The second-order valence-electron chi connectivity index (χ2n) is 5.43. The van der Waals surface area contributed by atoms with E-state index in [2.05, 4.69) is 15.5 Å². The molecule has 0 aromatic heterocycles. The van der Waals surface area contributed by atoms with E-state index < -0.39 is 0 Å². The van der Waals surface area contributed by atoms with Gasteiger partial charge in [0.1, 0.15) is 5.82 Å². The predicted molar refractivity (Wildman–Crippen MR) is 101 cm³/mol. The number of allylic oxidation sites excluding steroid dienone is 1. The van der Waals surface area contributed by atoms with Crippen molar-refractivity contribution in [3.63, 3.8) is 0 Å². The SMILES string of the molecule is O=C(/C=C/Nc1ccc(N=Nc2ccccc2)cc1)c1ccc(F)cc1. The quantitative estimate of drug-likeness (QED) is 0.336. The summed E-state index contributed by atoms with van der Waals surface area (Å²) in [6.07, 6.45) is 2.95. The number of hydrogen-bond acceptors (Lipinski definition) is 4. The van der Waals surface area contributed by atoms with Gasteiger partial charge in [-0.1, -0.05) is 18.2 Å². The fourth-order valence-electron chi connectivity index (χ4n) is 2.16. The zero-order valence-corrected chi connectivity index (χ0v) is 13.8. The summed E-state index contributed by atoms with van der Waals surface area (Å²) in [6.45, 7) is 0. The van der Waals surface area contributed by atoms with Crippen LogP contribution in [-0.4, -0.2) is 5.78 Å². The number of carbonyl (C=O) groups excluding carboxylic acids is 1. The van der Waals surface area contributed by atoms with E-state index >= 15 is 0 Å². The molecule has 0 heterocycles. The largest absolute Gasteiger partial charge is 0.362 e. The first-order chi connectivity index (χ1) is 12.7. The summed E-state index contributed by atoms with van der Waals surface area (Å²) in [7, 11) is 0. The second kappa shape index (κ2) is 8.48. The van der Waals surface area contributed by atoms with Gasteiger partial charge in [-0.3, -0.25) is 4.79 Å². The van der Waals surface area contributed by atoms with Crippen LogP contribution in [0.1, 0.15) is 10.4 Å². The van der Waals surface area contributed by atoms with Gasteiger partial charge in [-0.05, 0) is 60.7 Å². The number of halogens is 1. The lowest BCUT2D eigenvalue weighted by Gasteiger charge is -2.01. The van der Waals surface area contributed by atoms with Crippen molar-refractivity contribution in [3.8, 4) is 0 Å². The van der Waals surface area contributed by atoms with Gasteiger partial charge in [-0.25, -0.2) is 4.39 Å². The third-order valence-corrected chi connectivity index (χ3v) is 3.52. The van der Waals surface area contributed by atoms with Gasteiger partial charge in [0, 0.05) is 23.5 Å². The number of benzene rings is 3. The van der Waals surface area contributed by atoms with Gasteiger partial charge < -0.3 is 5.32 Å². The second-order valence-corrected chi connectivity index (χ2v) is 5.43. The number of nitrogens with one attached hydrogen (secondary N) is 1. The number of carbonyl (C=O) groups is 1. The maximum Gasteiger partial charge on any atom is 0.187 e. The van der Waals surface area contributed by atoms with Crippen molar-refractivity contribution in [1.29, 1.82) is 0 Å². The molecule has 1 N–H and O–H groups in total. The van der Waals surface area contributed by atoms with Gasteiger partial charge in [0.15, 0.2) is 5.78 Å². The van der Waals surface area contributed by atoms with E-state index in [1.54, 1.807) is 6.20 Å². The molecule has 0 spiro atoms. The van der Waals surface area contributed by atoms with Crippen molar-refractivity contribution < 1.29 is 9.18 Å². The van der Waals surface area contributed by atoms with E-state index in [0.29, 0.717) is 5.56 Å². The van der Waals surface area contributed by atoms with Crippen LogP contribution < -0.4 is 5.32 Å². The average molecular weight is 345 g/mol. The number of nitrogens with zero attached hydrogens (tertiary/aromatic N) is 2. The van der Waals surface area contributed by atoms with Crippen LogP contribution in [0.4, 0.5) is 21.5 Å². The van der Waals surface area contributed by atoms with Crippen molar-refractivity contribution in [2.24, 2.45) is 10.2 Å². The average Bonchev–Trinajstić information content (AvgIpc) is 2.68. The molecule has 0 atom stereocenters. The van der Waals surface area contributed by atoms with Crippen LogP contribution in [0, 0.1) is 5.82 Å². The molecule has 0 radical (unpaired) electrons. The number of anilines is 1. The van der Waals surface area contributed by atoms with Crippen molar-refractivity contribution in [3.05, 3.63) is 103 Å². The third kappa shape index (κ3) is 4.95. The molecular formula is C21H16FN3O. The zero-order valence-electron chi connectivity index (χ0n) is 13.8. The zero-order chi connectivity index (χ0) is 18.2. The first kappa shape index (κ1) is 17.2. The summed E-state index contributed by atoms with van der Waals surface area (Å²) in [4.78, 5) is 11.9. The molecule has 128 valence electrons. The van der Waals surface area contributed by atoms with E-state index in [4.69, 9.17) is 0 Å². The lowest BCUT2D eigenvalue weighted by atomic mass is 10.1. The Morgan fingerprint density at radius 1 is 0.808 bits per heavy atom. The highest BCUT2D eigenvalue weighted by Gasteiger charge is 2.01. The molecule has 0 saturated carbocycles. The monoisotopic (exact) mass is 345 g/mol. The van der Waals surface area contributed by atoms with Crippen molar-refractivity contribution >= 4 is 22.8 Å². The van der Waals surface area contributed by atoms with Gasteiger partial charge in [-0.2, -0.15) is 10.2 Å². The molecule has 0 fully saturated rings. The summed E-state index contributed by atoms with van der Waals surface area (Å²) in [5, 5.41) is 11.3. The highest BCUT2D eigenvalue weighted by molar-refractivity contribution is 6.04. The summed E-state index contributed by atoms with van der Waals surface area (Å²) < 4.78 is 12.9. The molecule has 26 heavy (non-hydrogen) atoms. The lowest BCUT2D eigenvalue weighted by molar-refractivity contribution is 0.104. The van der Waals surface area contributed by atoms with Crippen LogP contribution in [0.5, 0.6) is 0 Å². The van der Waals surface area contributed by atoms with E-state index in [0.717, 1.165) is 17.1 Å². The number of rotatable bonds is 6. The normalized spacial score (nSPS) is 11.1. The van der Waals surface area contributed by atoms with Crippen molar-refractivity contribution in [2.75, 3.05) is 5.32 Å². The van der Waals surface area contributed by atoms with Gasteiger partial charge in [0.25, 0.3) is 0 Å². The van der Waals surface area contributed by atoms with E-state index in [1.807, 2.05) is 54.6 Å². The Morgan fingerprint density at radius 3 is 2.08 bits per heavy atom. The summed E-state index contributed by atoms with van der Waals surface area (Å²) in [5.41, 5.74) is 2.76. The molecule has 0 saturated heterocycles. The maximum absolute atomic E-state index is 12.9. The van der Waals surface area contributed by atoms with E-state index in [-0.39, 0.29) is 11.6 Å². The molecule has 0 unspecified atom stereocenters. The first-order valence-corrected chi connectivity index (χ1v) is 8.00. The Balaban J connectivity index is 1.56. The molecule has 3 aromatic rings. The van der Waals surface area contributed by atoms with Crippen molar-refractivity contribution in [2.45, 2.75) is 0 Å². The van der Waals surface area contributed by atoms with Crippen LogP contribution in [0.25, 0.3) is 0 Å². The van der Waals surface area contributed by atoms with E-state index in [9.17, 15) is 9.18 Å². The molecule has 4 nitrogen and oxygen atoms in total. The molecule has 3 rings (SSSR count). The van der Waals surface area contributed by atoms with Crippen LogP contribution in [0.3, 0.4) is 0 Å². The first-order valence-electron chi connectivity index (χ1n) is 8.00. The Morgan fingerprint density at radius 2 is 1.42 bits per heavy atom. The van der Waals surface area contributed by atoms with Crippen LogP contribution >= 0.6 is 0 Å². The van der Waals surface area contributed by atoms with Crippen LogP contribution in [0.2, 0.25) is 0 Å². The van der Waals surface area contributed by atoms with Crippen molar-refractivity contribution in [1.82, 2.24) is 0 Å². The highest BCUT2D eigenvalue weighted by Crippen LogP contribution is 2.20. The van der Waals surface area contributed by atoms with E-state index in [1.165, 1.54) is 30.3 Å².